The van der Waals surface area contributed by atoms with Crippen molar-refractivity contribution in [3.63, 3.8) is 0 Å². The van der Waals surface area contributed by atoms with E-state index in [4.69, 9.17) is 9.52 Å². The molecule has 1 aromatic carbocycles. The van der Waals surface area contributed by atoms with E-state index in [0.29, 0.717) is 5.69 Å². The molecular formula is C15H14FNO3. The van der Waals surface area contributed by atoms with Gasteiger partial charge in [-0.3, -0.25) is 0 Å². The van der Waals surface area contributed by atoms with Gasteiger partial charge in [-0.2, -0.15) is 0 Å². The number of rotatable bonds is 3. The minimum absolute atomic E-state index is 0.0737. The Morgan fingerprint density at radius 3 is 3.05 bits per heavy atom. The quantitative estimate of drug-likeness (QED) is 0.898. The summed E-state index contributed by atoms with van der Waals surface area (Å²) in [6, 6.07) is 6.05. The standard InChI is InChI=1S/C15H14FNO3/c16-12-5-4-9(8-11(12)15(18)19)17-13-2-1-3-14-10(13)6-7-20-14/h4-8,13,17H,1-3H2,(H,18,19). The number of halogens is 1. The highest BCUT2D eigenvalue weighted by Gasteiger charge is 2.23. The predicted molar refractivity (Wildman–Crippen MR) is 71.4 cm³/mol. The minimum Gasteiger partial charge on any atom is -0.478 e. The van der Waals surface area contributed by atoms with E-state index >= 15 is 0 Å². The molecule has 1 heterocycles. The van der Waals surface area contributed by atoms with Crippen LogP contribution in [0, 0.1) is 5.82 Å². The monoisotopic (exact) mass is 275 g/mol. The fourth-order valence-corrected chi connectivity index (χ4v) is 2.62. The molecule has 2 N–H and O–H groups in total. The molecule has 5 heteroatoms. The third-order valence-electron chi connectivity index (χ3n) is 3.59. The average Bonchev–Trinajstić information content (AvgIpc) is 2.90. The molecule has 0 fully saturated rings. The van der Waals surface area contributed by atoms with Crippen LogP contribution in [-0.2, 0) is 6.42 Å². The van der Waals surface area contributed by atoms with Gasteiger partial charge in [0.05, 0.1) is 17.9 Å². The van der Waals surface area contributed by atoms with Crippen LogP contribution in [0.15, 0.2) is 34.9 Å². The number of fused-ring (bicyclic) bond motifs is 1. The number of hydrogen-bond donors (Lipinski definition) is 2. The highest BCUT2D eigenvalue weighted by atomic mass is 19.1. The van der Waals surface area contributed by atoms with E-state index in [-0.39, 0.29) is 11.6 Å². The van der Waals surface area contributed by atoms with Crippen LogP contribution in [0.1, 0.15) is 40.6 Å². The first-order chi connectivity index (χ1) is 9.65. The van der Waals surface area contributed by atoms with Crippen molar-refractivity contribution in [2.24, 2.45) is 0 Å². The van der Waals surface area contributed by atoms with E-state index in [1.165, 1.54) is 12.1 Å². The molecule has 0 saturated carbocycles. The second-order valence-corrected chi connectivity index (χ2v) is 4.89. The van der Waals surface area contributed by atoms with Gasteiger partial charge in [0.1, 0.15) is 11.6 Å². The van der Waals surface area contributed by atoms with E-state index < -0.39 is 11.8 Å². The molecule has 0 bridgehead atoms. The van der Waals surface area contributed by atoms with Crippen molar-refractivity contribution < 1.29 is 18.7 Å². The van der Waals surface area contributed by atoms with Crippen molar-refractivity contribution in [2.45, 2.75) is 25.3 Å². The molecule has 104 valence electrons. The molecule has 0 saturated heterocycles. The van der Waals surface area contributed by atoms with Gasteiger partial charge in [0.15, 0.2) is 0 Å². The van der Waals surface area contributed by atoms with Crippen molar-refractivity contribution in [2.75, 3.05) is 5.32 Å². The molecule has 0 amide bonds. The lowest BCUT2D eigenvalue weighted by Crippen LogP contribution is -2.16. The number of carboxylic acids is 1. The fraction of sp³-hybridized carbons (Fsp3) is 0.267. The number of nitrogens with one attached hydrogen (secondary N) is 1. The van der Waals surface area contributed by atoms with Crippen LogP contribution < -0.4 is 5.32 Å². The number of anilines is 1. The maximum absolute atomic E-state index is 13.4. The number of furan rings is 1. The summed E-state index contributed by atoms with van der Waals surface area (Å²) in [7, 11) is 0. The Morgan fingerprint density at radius 2 is 2.25 bits per heavy atom. The van der Waals surface area contributed by atoms with Crippen LogP contribution in [0.3, 0.4) is 0 Å². The third kappa shape index (κ3) is 2.27. The lowest BCUT2D eigenvalue weighted by atomic mass is 9.93. The molecule has 20 heavy (non-hydrogen) atoms. The zero-order valence-electron chi connectivity index (χ0n) is 10.7. The van der Waals surface area contributed by atoms with Gasteiger partial charge in [0.2, 0.25) is 0 Å². The van der Waals surface area contributed by atoms with Crippen molar-refractivity contribution in [1.29, 1.82) is 0 Å². The highest BCUT2D eigenvalue weighted by molar-refractivity contribution is 5.89. The molecule has 1 unspecified atom stereocenters. The van der Waals surface area contributed by atoms with Crippen LogP contribution in [0.4, 0.5) is 10.1 Å². The topological polar surface area (TPSA) is 62.5 Å². The Kier molecular flexibility index (Phi) is 3.18. The van der Waals surface area contributed by atoms with E-state index in [1.807, 2.05) is 6.07 Å². The summed E-state index contributed by atoms with van der Waals surface area (Å²) in [4.78, 5) is 10.9. The normalized spacial score (nSPS) is 17.6. The van der Waals surface area contributed by atoms with Gasteiger partial charge < -0.3 is 14.8 Å². The van der Waals surface area contributed by atoms with E-state index in [0.717, 1.165) is 30.6 Å². The lowest BCUT2D eigenvalue weighted by molar-refractivity contribution is 0.0692. The Labute approximate surface area is 115 Å². The van der Waals surface area contributed by atoms with E-state index in [2.05, 4.69) is 5.32 Å². The second-order valence-electron chi connectivity index (χ2n) is 4.89. The highest BCUT2D eigenvalue weighted by Crippen LogP contribution is 2.33. The number of carboxylic acid groups (broad SMARTS) is 1. The van der Waals surface area contributed by atoms with Gasteiger partial charge >= 0.3 is 5.97 Å². The molecule has 3 rings (SSSR count). The second kappa shape index (κ2) is 5.00. The van der Waals surface area contributed by atoms with E-state index in [1.54, 1.807) is 12.3 Å². The summed E-state index contributed by atoms with van der Waals surface area (Å²) in [5.74, 6) is -1.02. The summed E-state index contributed by atoms with van der Waals surface area (Å²) in [5.41, 5.74) is 1.37. The number of hydrogen-bond acceptors (Lipinski definition) is 3. The molecule has 1 aromatic heterocycles. The van der Waals surface area contributed by atoms with Crippen LogP contribution in [0.2, 0.25) is 0 Å². The molecule has 0 aliphatic heterocycles. The number of carbonyl (C=O) groups is 1. The Hall–Kier alpha value is -2.30. The van der Waals surface area contributed by atoms with Crippen molar-refractivity contribution >= 4 is 11.7 Å². The maximum Gasteiger partial charge on any atom is 0.338 e. The Bertz CT molecular complexity index is 650. The molecule has 1 aliphatic carbocycles. The van der Waals surface area contributed by atoms with Crippen LogP contribution in [0.25, 0.3) is 0 Å². The van der Waals surface area contributed by atoms with Gasteiger partial charge in [0.25, 0.3) is 0 Å². The van der Waals surface area contributed by atoms with Gasteiger partial charge in [0, 0.05) is 17.7 Å². The van der Waals surface area contributed by atoms with Crippen molar-refractivity contribution in [3.8, 4) is 0 Å². The SMILES string of the molecule is O=C(O)c1cc(NC2CCCc3occc32)ccc1F. The first-order valence-corrected chi connectivity index (χ1v) is 6.51. The molecule has 0 spiro atoms. The molecule has 1 atom stereocenters. The van der Waals surface area contributed by atoms with Gasteiger partial charge in [-0.1, -0.05) is 0 Å². The molecule has 1 aliphatic rings. The largest absolute Gasteiger partial charge is 0.478 e. The van der Waals surface area contributed by atoms with Crippen molar-refractivity contribution in [3.05, 3.63) is 53.2 Å². The average molecular weight is 275 g/mol. The molecule has 2 aromatic rings. The maximum atomic E-state index is 13.4. The molecular weight excluding hydrogens is 261 g/mol. The van der Waals surface area contributed by atoms with Crippen LogP contribution >= 0.6 is 0 Å². The summed E-state index contributed by atoms with van der Waals surface area (Å²) in [6.45, 7) is 0. The first-order valence-electron chi connectivity index (χ1n) is 6.51. The van der Waals surface area contributed by atoms with Crippen LogP contribution in [-0.4, -0.2) is 11.1 Å². The van der Waals surface area contributed by atoms with Crippen molar-refractivity contribution in [1.82, 2.24) is 0 Å². The number of aryl methyl sites for hydroxylation is 1. The van der Waals surface area contributed by atoms with Gasteiger partial charge in [-0.25, -0.2) is 9.18 Å². The summed E-state index contributed by atoms with van der Waals surface area (Å²) in [5, 5.41) is 12.2. The molecule has 0 radical (unpaired) electrons. The Balaban J connectivity index is 1.86. The summed E-state index contributed by atoms with van der Waals surface area (Å²) < 4.78 is 18.8. The summed E-state index contributed by atoms with van der Waals surface area (Å²) in [6.07, 6.45) is 4.53. The third-order valence-corrected chi connectivity index (χ3v) is 3.59. The lowest BCUT2D eigenvalue weighted by Gasteiger charge is -2.24. The van der Waals surface area contributed by atoms with E-state index in [9.17, 15) is 9.18 Å². The zero-order valence-corrected chi connectivity index (χ0v) is 10.7. The first kappa shape index (κ1) is 12.7. The smallest absolute Gasteiger partial charge is 0.338 e. The molecule has 4 nitrogen and oxygen atoms in total. The van der Waals surface area contributed by atoms with Gasteiger partial charge in [-0.05, 0) is 37.1 Å². The minimum atomic E-state index is -1.27. The van der Waals surface area contributed by atoms with Gasteiger partial charge in [-0.15, -0.1) is 0 Å². The number of benzene rings is 1. The predicted octanol–water partition coefficient (Wildman–Crippen LogP) is 3.61. The fourth-order valence-electron chi connectivity index (χ4n) is 2.62. The zero-order chi connectivity index (χ0) is 14.1. The summed E-state index contributed by atoms with van der Waals surface area (Å²) >= 11 is 0. The Morgan fingerprint density at radius 1 is 1.40 bits per heavy atom. The number of aromatic carboxylic acids is 1. The van der Waals surface area contributed by atoms with Crippen LogP contribution in [0.5, 0.6) is 0 Å².